The second kappa shape index (κ2) is 27.2. The van der Waals surface area contributed by atoms with Crippen LogP contribution in [0.5, 0.6) is 0 Å². The second-order valence-electron chi connectivity index (χ2n) is 7.27. The van der Waals surface area contributed by atoms with Crippen molar-refractivity contribution in [2.24, 2.45) is 5.10 Å². The van der Waals surface area contributed by atoms with Gasteiger partial charge in [-0.2, -0.15) is 44.6 Å². The molecule has 20 nitrogen and oxygen atoms in total. The molecule has 0 aromatic rings. The summed E-state index contributed by atoms with van der Waals surface area (Å²) in [4.78, 5) is 35.0. The maximum absolute atomic E-state index is 11.3. The molecular formula is C16H34CoF9N8O12S3. The average molecular weight is 857 g/mol. The van der Waals surface area contributed by atoms with Gasteiger partial charge in [0, 0.05) is 30.8 Å². The molecule has 49 heavy (non-hydrogen) atoms. The Hall–Kier alpha value is -2.57. The first kappa shape index (κ1) is 68.4. The minimum Gasteiger partial charge on any atom is -0.741 e. The molecule has 1 aliphatic heterocycles. The van der Waals surface area contributed by atoms with Crippen molar-refractivity contribution < 1.29 is 110 Å². The molecule has 1 rings (SSSR count). The molecule has 1 heterocycles. The molecule has 0 aliphatic carbocycles. The van der Waals surface area contributed by atoms with Crippen LogP contribution >= 0.6 is 0 Å². The third-order valence-electron chi connectivity index (χ3n) is 3.44. The van der Waals surface area contributed by atoms with E-state index in [9.17, 15) is 53.9 Å². The number of halogens is 9. The Balaban J connectivity index is -0.0000000655. The number of unbranched alkanes of at least 4 members (excludes halogenated alkanes) is 2. The number of nitrogens with one attached hydrogen (secondary N) is 1. The van der Waals surface area contributed by atoms with Crippen molar-refractivity contribution >= 4 is 53.8 Å². The van der Waals surface area contributed by atoms with Gasteiger partial charge in [-0.25, -0.2) is 30.7 Å². The van der Waals surface area contributed by atoms with Crippen molar-refractivity contribution in [2.75, 3.05) is 6.54 Å². The van der Waals surface area contributed by atoms with E-state index in [1.165, 1.54) is 17.1 Å². The summed E-state index contributed by atoms with van der Waals surface area (Å²) in [5.74, 6) is -0.623. The van der Waals surface area contributed by atoms with Crippen LogP contribution in [-0.2, 0) is 61.5 Å². The number of alkyl halides is 9. The maximum atomic E-state index is 11.3. The largest absolute Gasteiger partial charge is 3.00 e. The molecule has 0 aromatic carbocycles. The number of amides is 3. The number of hydrazone groups is 1. The summed E-state index contributed by atoms with van der Waals surface area (Å²) < 4.78 is 177. The SMILES string of the molecule is CC(C)=NNC(=O)CCCCCN1C(=O)C=CC1=O.N.N.N.N.N.O=S(=O)([O-])C(F)(F)F.O=S(=O)([O-])C(F)(F)F.O=S(=O)([O-])C(F)(F)F.[Co+3]. The maximum Gasteiger partial charge on any atom is 3.00 e. The molecule has 0 saturated heterocycles. The van der Waals surface area contributed by atoms with Gasteiger partial charge in [0.05, 0.1) is 0 Å². The summed E-state index contributed by atoms with van der Waals surface area (Å²) >= 11 is 0. The third-order valence-corrected chi connectivity index (χ3v) is 5.14. The minimum absolute atomic E-state index is 0. The summed E-state index contributed by atoms with van der Waals surface area (Å²) in [5, 5.41) is 3.82. The van der Waals surface area contributed by atoms with Crippen LogP contribution in [0.25, 0.3) is 0 Å². The van der Waals surface area contributed by atoms with Crippen LogP contribution in [0.15, 0.2) is 17.3 Å². The van der Waals surface area contributed by atoms with E-state index >= 15 is 0 Å². The molecule has 33 heteroatoms. The zero-order valence-electron chi connectivity index (χ0n) is 25.0. The van der Waals surface area contributed by atoms with Crippen LogP contribution in [0.1, 0.15) is 39.5 Å². The van der Waals surface area contributed by atoms with Crippen molar-refractivity contribution in [2.45, 2.75) is 56.1 Å². The molecule has 16 N–H and O–H groups in total. The topological polar surface area (TPSA) is 425 Å². The molecule has 3 amide bonds. The van der Waals surface area contributed by atoms with Crippen molar-refractivity contribution in [1.29, 1.82) is 0 Å². The molecule has 0 fully saturated rings. The number of hydrogen-bond donors (Lipinski definition) is 6. The summed E-state index contributed by atoms with van der Waals surface area (Å²) in [6.07, 6.45) is 5.17. The number of rotatable bonds is 7. The van der Waals surface area contributed by atoms with E-state index in [1.54, 1.807) is 13.8 Å². The molecule has 0 bridgehead atoms. The van der Waals surface area contributed by atoms with Gasteiger partial charge in [-0.05, 0) is 26.7 Å². The molecule has 0 spiro atoms. The van der Waals surface area contributed by atoms with Gasteiger partial charge in [-0.1, -0.05) is 6.42 Å². The predicted octanol–water partition coefficient (Wildman–Crippen LogP) is 1.95. The quantitative estimate of drug-likeness (QED) is 0.0405. The first-order chi connectivity index (χ1) is 18.8. The van der Waals surface area contributed by atoms with Crippen LogP contribution in [0.3, 0.4) is 0 Å². The van der Waals surface area contributed by atoms with E-state index in [1.807, 2.05) is 0 Å². The number of hydrogen-bond acceptors (Lipinski definition) is 18. The fourth-order valence-electron chi connectivity index (χ4n) is 1.61. The van der Waals surface area contributed by atoms with E-state index in [4.69, 9.17) is 38.9 Å². The summed E-state index contributed by atoms with van der Waals surface area (Å²) in [6, 6.07) is 0. The number of imide groups is 1. The summed E-state index contributed by atoms with van der Waals surface area (Å²) in [6.45, 7) is 4.02. The third kappa shape index (κ3) is 33.7. The van der Waals surface area contributed by atoms with Gasteiger partial charge in [0.15, 0.2) is 30.4 Å². The fourth-order valence-corrected chi connectivity index (χ4v) is 1.61. The smallest absolute Gasteiger partial charge is 0.741 e. The van der Waals surface area contributed by atoms with Crippen molar-refractivity contribution in [1.82, 2.24) is 41.1 Å². The summed E-state index contributed by atoms with van der Waals surface area (Å²) in [7, 11) is -18.3. The van der Waals surface area contributed by atoms with Crippen LogP contribution in [0.2, 0.25) is 0 Å². The Kier molecular flexibility index (Phi) is 37.9. The molecule has 1 aliphatic rings. The second-order valence-corrected chi connectivity index (χ2v) is 11.4. The normalized spacial score (nSPS) is 12.2. The molecule has 0 atom stereocenters. The van der Waals surface area contributed by atoms with E-state index in [0.29, 0.717) is 25.8 Å². The Morgan fingerprint density at radius 1 is 0.673 bits per heavy atom. The first-order valence-corrected chi connectivity index (χ1v) is 14.4. The molecule has 0 saturated carbocycles. The van der Waals surface area contributed by atoms with Gasteiger partial charge in [0.25, 0.3) is 11.8 Å². The zero-order chi connectivity index (χ0) is 35.3. The Bertz CT molecular complexity index is 1240. The van der Waals surface area contributed by atoms with Gasteiger partial charge in [0.2, 0.25) is 5.91 Å². The Labute approximate surface area is 284 Å². The average Bonchev–Trinajstić information content (AvgIpc) is 3.06. The minimum atomic E-state index is -6.09. The number of nitrogens with zero attached hydrogens (tertiary/aromatic N) is 2. The standard InChI is InChI=1S/C13H19N3O3.3CHF3O3S.Co.5H3N/c1-10(2)14-15-11(17)6-4-3-5-9-16-12(18)7-8-13(16)19;3*2-1(3,4)8(5,6)7;;;;;;/h7-8H,3-6,9H2,1-2H3,(H,15,17);3*(H,5,6,7);;5*1H3/q;;;;+3;;;;;/p-3. The van der Waals surface area contributed by atoms with Gasteiger partial charge >= 0.3 is 33.3 Å². The van der Waals surface area contributed by atoms with Gasteiger partial charge in [0.1, 0.15) is 0 Å². The van der Waals surface area contributed by atoms with Crippen molar-refractivity contribution in [3.63, 3.8) is 0 Å². The monoisotopic (exact) mass is 856 g/mol. The molecular weight excluding hydrogens is 822 g/mol. The van der Waals surface area contributed by atoms with Crippen molar-refractivity contribution in [3.8, 4) is 0 Å². The summed E-state index contributed by atoms with van der Waals surface area (Å²) in [5.41, 5.74) is -13.7. The van der Waals surface area contributed by atoms with Crippen LogP contribution in [0.4, 0.5) is 39.5 Å². The molecule has 0 aromatic heterocycles. The van der Waals surface area contributed by atoms with E-state index in [0.717, 1.165) is 12.1 Å². The number of carbonyl (C=O) groups is 3. The van der Waals surface area contributed by atoms with E-state index < -0.39 is 46.9 Å². The van der Waals surface area contributed by atoms with Crippen LogP contribution in [0, 0.1) is 0 Å². The van der Waals surface area contributed by atoms with Crippen molar-refractivity contribution in [3.05, 3.63) is 12.2 Å². The van der Waals surface area contributed by atoms with Gasteiger partial charge in [-0.3, -0.25) is 19.3 Å². The van der Waals surface area contributed by atoms with Gasteiger partial charge < -0.3 is 44.4 Å². The Morgan fingerprint density at radius 3 is 1.16 bits per heavy atom. The van der Waals surface area contributed by atoms with Crippen LogP contribution in [-0.4, -0.2) is 90.3 Å². The van der Waals surface area contributed by atoms with Crippen LogP contribution < -0.4 is 36.2 Å². The zero-order valence-corrected chi connectivity index (χ0v) is 28.5. The molecule has 0 radical (unpaired) electrons. The number of carbonyl (C=O) groups excluding carboxylic acids is 3. The fraction of sp³-hybridized carbons (Fsp3) is 0.625. The Morgan fingerprint density at radius 2 is 0.939 bits per heavy atom. The molecule has 300 valence electrons. The molecule has 0 unspecified atom stereocenters. The predicted molar refractivity (Wildman–Crippen MR) is 144 cm³/mol. The first-order valence-electron chi connectivity index (χ1n) is 10.2. The van der Waals surface area contributed by atoms with Gasteiger partial charge in [-0.15, -0.1) is 0 Å². The van der Waals surface area contributed by atoms with E-state index in [-0.39, 0.29) is 65.3 Å². The van der Waals surface area contributed by atoms with E-state index in [2.05, 4.69) is 10.5 Å².